The van der Waals surface area contributed by atoms with Crippen molar-refractivity contribution in [3.63, 3.8) is 0 Å². The average molecular weight is 277 g/mol. The lowest BCUT2D eigenvalue weighted by Crippen LogP contribution is -2.41. The first kappa shape index (κ1) is 14.9. The predicted octanol–water partition coefficient (Wildman–Crippen LogP) is 6.30. The summed E-state index contributed by atoms with van der Waals surface area (Å²) in [5, 5.41) is 0. The van der Waals surface area contributed by atoms with Gasteiger partial charge in [-0.3, -0.25) is 0 Å². The second-order valence-electron chi connectivity index (χ2n) is 10.7. The highest BCUT2D eigenvalue weighted by atomic mass is 14.7. The molecule has 3 fully saturated rings. The second kappa shape index (κ2) is 4.05. The zero-order valence-electron chi connectivity index (χ0n) is 15.0. The van der Waals surface area contributed by atoms with E-state index < -0.39 is 0 Å². The second-order valence-corrected chi connectivity index (χ2v) is 10.7. The molecular formula is C20H36. The lowest BCUT2D eigenvalue weighted by Gasteiger charge is -2.50. The summed E-state index contributed by atoms with van der Waals surface area (Å²) in [5.74, 6) is 2.95. The Morgan fingerprint density at radius 3 is 2.20 bits per heavy atom. The predicted molar refractivity (Wildman–Crippen MR) is 87.6 cm³/mol. The van der Waals surface area contributed by atoms with Crippen molar-refractivity contribution in [2.24, 2.45) is 39.4 Å². The quantitative estimate of drug-likeness (QED) is 0.527. The molecular weight excluding hydrogens is 240 g/mol. The fraction of sp³-hybridized carbons (Fsp3) is 1.00. The average Bonchev–Trinajstić information content (AvgIpc) is 2.68. The largest absolute Gasteiger partial charge is 0.0620 e. The molecule has 0 nitrogen and oxygen atoms in total. The molecule has 1 spiro atoms. The highest BCUT2D eigenvalue weighted by Gasteiger charge is 2.67. The molecule has 116 valence electrons. The Hall–Kier alpha value is 0. The van der Waals surface area contributed by atoms with E-state index in [1.165, 1.54) is 32.1 Å². The molecule has 0 heterocycles. The van der Waals surface area contributed by atoms with Crippen LogP contribution in [0.1, 0.15) is 87.0 Å². The van der Waals surface area contributed by atoms with E-state index >= 15 is 0 Å². The normalized spacial score (nSPS) is 50.2. The van der Waals surface area contributed by atoms with Crippen LogP contribution in [0.15, 0.2) is 0 Å². The van der Waals surface area contributed by atoms with Crippen molar-refractivity contribution in [3.05, 3.63) is 0 Å². The molecule has 0 aliphatic heterocycles. The molecule has 5 atom stereocenters. The van der Waals surface area contributed by atoms with Crippen LogP contribution in [0.3, 0.4) is 0 Å². The fourth-order valence-corrected chi connectivity index (χ4v) is 7.46. The summed E-state index contributed by atoms with van der Waals surface area (Å²) >= 11 is 0. The summed E-state index contributed by atoms with van der Waals surface area (Å²) < 4.78 is 0. The molecule has 3 aliphatic rings. The Kier molecular flexibility index (Phi) is 3.02. The van der Waals surface area contributed by atoms with Gasteiger partial charge in [0.25, 0.3) is 0 Å². The van der Waals surface area contributed by atoms with E-state index in [1.807, 2.05) is 0 Å². The van der Waals surface area contributed by atoms with Crippen LogP contribution in [0.5, 0.6) is 0 Å². The topological polar surface area (TPSA) is 0 Å². The molecule has 0 amide bonds. The third kappa shape index (κ3) is 1.85. The number of hydrogen-bond acceptors (Lipinski definition) is 0. The van der Waals surface area contributed by atoms with Gasteiger partial charge in [-0.05, 0) is 77.9 Å². The zero-order valence-corrected chi connectivity index (χ0v) is 15.0. The molecule has 3 saturated carbocycles. The van der Waals surface area contributed by atoms with E-state index in [-0.39, 0.29) is 0 Å². The van der Waals surface area contributed by atoms with Crippen molar-refractivity contribution in [2.75, 3.05) is 0 Å². The summed E-state index contributed by atoms with van der Waals surface area (Å²) in [4.78, 5) is 0. The van der Waals surface area contributed by atoms with Crippen LogP contribution in [0.25, 0.3) is 0 Å². The third-order valence-electron chi connectivity index (χ3n) is 7.88. The lowest BCUT2D eigenvalue weighted by atomic mass is 9.55. The highest BCUT2D eigenvalue weighted by Crippen LogP contribution is 2.75. The molecule has 0 aromatic heterocycles. The molecule has 0 radical (unpaired) electrons. The van der Waals surface area contributed by atoms with Gasteiger partial charge in [-0.1, -0.05) is 48.5 Å². The lowest BCUT2D eigenvalue weighted by molar-refractivity contribution is -0.00128. The van der Waals surface area contributed by atoms with Crippen LogP contribution in [0.4, 0.5) is 0 Å². The van der Waals surface area contributed by atoms with Gasteiger partial charge in [-0.25, -0.2) is 0 Å². The van der Waals surface area contributed by atoms with E-state index in [0.717, 1.165) is 23.2 Å². The van der Waals surface area contributed by atoms with Crippen LogP contribution in [-0.2, 0) is 0 Å². The van der Waals surface area contributed by atoms with Gasteiger partial charge >= 0.3 is 0 Å². The van der Waals surface area contributed by atoms with E-state index in [2.05, 4.69) is 48.5 Å². The van der Waals surface area contributed by atoms with Gasteiger partial charge in [0.05, 0.1) is 0 Å². The molecule has 3 aliphatic carbocycles. The van der Waals surface area contributed by atoms with Gasteiger partial charge in [0.1, 0.15) is 0 Å². The van der Waals surface area contributed by atoms with Crippen LogP contribution < -0.4 is 0 Å². The van der Waals surface area contributed by atoms with Gasteiger partial charge in [0.15, 0.2) is 0 Å². The Bertz CT molecular complexity index is 399. The molecule has 3 unspecified atom stereocenters. The summed E-state index contributed by atoms with van der Waals surface area (Å²) in [5.41, 5.74) is 2.35. The monoisotopic (exact) mass is 276 g/mol. The summed E-state index contributed by atoms with van der Waals surface area (Å²) in [6.07, 6.45) is 8.96. The van der Waals surface area contributed by atoms with Crippen LogP contribution in [-0.4, -0.2) is 0 Å². The zero-order chi connectivity index (χ0) is 15.0. The number of rotatable bonds is 1. The Labute approximate surface area is 127 Å². The standard InChI is InChI=1S/C20H36/c1-14-8-9-15-18(5,6)16-12-20(14,15)11-10-19(16,7)13-17(2,3)4/h14-16H,8-13H2,1-7H3/t14-,15?,16?,19+,20?/m1/s1. The Morgan fingerprint density at radius 1 is 0.950 bits per heavy atom. The molecule has 3 rings (SSSR count). The van der Waals surface area contributed by atoms with Crippen LogP contribution >= 0.6 is 0 Å². The highest BCUT2D eigenvalue weighted by molar-refractivity contribution is 5.16. The number of fused-ring (bicyclic) bond motifs is 1. The van der Waals surface area contributed by atoms with Crippen LogP contribution in [0, 0.1) is 39.4 Å². The Morgan fingerprint density at radius 2 is 1.60 bits per heavy atom. The maximum atomic E-state index is 2.63. The first-order valence-electron chi connectivity index (χ1n) is 9.01. The molecule has 0 aromatic rings. The minimum atomic E-state index is 0.471. The summed E-state index contributed by atoms with van der Waals surface area (Å²) in [6, 6.07) is 0. The minimum Gasteiger partial charge on any atom is -0.0620 e. The molecule has 2 bridgehead atoms. The van der Waals surface area contributed by atoms with E-state index in [1.54, 1.807) is 6.42 Å². The third-order valence-corrected chi connectivity index (χ3v) is 7.88. The van der Waals surface area contributed by atoms with E-state index in [9.17, 15) is 0 Å². The molecule has 0 heteroatoms. The van der Waals surface area contributed by atoms with Crippen molar-refractivity contribution in [2.45, 2.75) is 87.0 Å². The molecule has 20 heavy (non-hydrogen) atoms. The Balaban J connectivity index is 1.96. The van der Waals surface area contributed by atoms with Crippen molar-refractivity contribution < 1.29 is 0 Å². The fourth-order valence-electron chi connectivity index (χ4n) is 7.46. The van der Waals surface area contributed by atoms with Crippen molar-refractivity contribution >= 4 is 0 Å². The summed E-state index contributed by atoms with van der Waals surface area (Å²) in [7, 11) is 0. The van der Waals surface area contributed by atoms with Gasteiger partial charge in [-0.15, -0.1) is 0 Å². The first-order valence-corrected chi connectivity index (χ1v) is 9.01. The van der Waals surface area contributed by atoms with Gasteiger partial charge in [0, 0.05) is 0 Å². The molecule has 0 aromatic carbocycles. The molecule has 0 N–H and O–H groups in total. The van der Waals surface area contributed by atoms with E-state index in [4.69, 9.17) is 0 Å². The van der Waals surface area contributed by atoms with Gasteiger partial charge in [0.2, 0.25) is 0 Å². The van der Waals surface area contributed by atoms with Crippen molar-refractivity contribution in [1.29, 1.82) is 0 Å². The minimum absolute atomic E-state index is 0.471. The van der Waals surface area contributed by atoms with E-state index in [0.29, 0.717) is 16.2 Å². The number of hydrogen-bond donors (Lipinski definition) is 0. The maximum absolute atomic E-state index is 2.63. The van der Waals surface area contributed by atoms with Crippen LogP contribution in [0.2, 0.25) is 0 Å². The smallest absolute Gasteiger partial charge is 0.0235 e. The maximum Gasteiger partial charge on any atom is -0.0235 e. The summed E-state index contributed by atoms with van der Waals surface area (Å²) in [6.45, 7) is 17.7. The van der Waals surface area contributed by atoms with Gasteiger partial charge < -0.3 is 0 Å². The van der Waals surface area contributed by atoms with Crippen molar-refractivity contribution in [1.82, 2.24) is 0 Å². The van der Waals surface area contributed by atoms with Crippen molar-refractivity contribution in [3.8, 4) is 0 Å². The molecule has 0 saturated heterocycles. The SMILES string of the molecule is C[C@@H]1CCC2C(C)(C)C3CC21CC[C@@]3(C)CC(C)(C)C. The first-order chi connectivity index (χ1) is 9.01. The van der Waals surface area contributed by atoms with Gasteiger partial charge in [-0.2, -0.15) is 0 Å².